The van der Waals surface area contributed by atoms with Crippen LogP contribution >= 0.6 is 0 Å². The number of hydrogen-bond donors (Lipinski definition) is 1. The Morgan fingerprint density at radius 1 is 1.35 bits per heavy atom. The van der Waals surface area contributed by atoms with Gasteiger partial charge in [0.2, 0.25) is 5.91 Å². The average molecular weight is 285 g/mol. The monoisotopic (exact) mass is 285 g/mol. The van der Waals surface area contributed by atoms with Crippen LogP contribution in [0.1, 0.15) is 47.0 Å². The largest absolute Gasteiger partial charge is 0.465 e. The summed E-state index contributed by atoms with van der Waals surface area (Å²) in [5, 5.41) is 2.83. The molecular formula is C15H27NO4. The Morgan fingerprint density at radius 3 is 2.55 bits per heavy atom. The van der Waals surface area contributed by atoms with Gasteiger partial charge in [-0.25, -0.2) is 0 Å². The van der Waals surface area contributed by atoms with Crippen LogP contribution in [0.4, 0.5) is 0 Å². The Hall–Kier alpha value is -1.10. The Bertz CT molecular complexity index is 329. The second-order valence-corrected chi connectivity index (χ2v) is 6.28. The van der Waals surface area contributed by atoms with Crippen molar-refractivity contribution < 1.29 is 19.1 Å². The number of amides is 1. The molecule has 0 spiro atoms. The SMILES string of the molecule is CCOC(=O)C(C(=O)NCC1CCCCO1)C(C)(C)C. The van der Waals surface area contributed by atoms with E-state index >= 15 is 0 Å². The predicted molar refractivity (Wildman–Crippen MR) is 76.2 cm³/mol. The maximum Gasteiger partial charge on any atom is 0.319 e. The third kappa shape index (κ3) is 5.12. The van der Waals surface area contributed by atoms with Crippen molar-refractivity contribution in [2.75, 3.05) is 19.8 Å². The van der Waals surface area contributed by atoms with E-state index in [0.29, 0.717) is 6.54 Å². The summed E-state index contributed by atoms with van der Waals surface area (Å²) < 4.78 is 10.6. The summed E-state index contributed by atoms with van der Waals surface area (Å²) in [7, 11) is 0. The van der Waals surface area contributed by atoms with E-state index in [0.717, 1.165) is 25.9 Å². The van der Waals surface area contributed by atoms with Crippen LogP contribution in [-0.4, -0.2) is 37.7 Å². The minimum atomic E-state index is -0.786. The molecule has 5 nitrogen and oxygen atoms in total. The number of ether oxygens (including phenoxy) is 2. The first kappa shape index (κ1) is 17.0. The van der Waals surface area contributed by atoms with Gasteiger partial charge in [-0.15, -0.1) is 0 Å². The van der Waals surface area contributed by atoms with E-state index in [1.165, 1.54) is 0 Å². The van der Waals surface area contributed by atoms with Crippen molar-refractivity contribution in [3.63, 3.8) is 0 Å². The van der Waals surface area contributed by atoms with Crippen molar-refractivity contribution in [2.45, 2.75) is 53.1 Å². The van der Waals surface area contributed by atoms with Crippen molar-refractivity contribution in [1.29, 1.82) is 0 Å². The second kappa shape index (κ2) is 7.62. The summed E-state index contributed by atoms with van der Waals surface area (Å²) in [5.74, 6) is -1.52. The van der Waals surface area contributed by atoms with Gasteiger partial charge in [0.05, 0.1) is 12.7 Å². The zero-order valence-electron chi connectivity index (χ0n) is 13.0. The highest BCUT2D eigenvalue weighted by molar-refractivity contribution is 5.98. The van der Waals surface area contributed by atoms with Crippen molar-refractivity contribution in [1.82, 2.24) is 5.32 Å². The molecule has 0 aliphatic carbocycles. The first-order chi connectivity index (χ1) is 9.36. The van der Waals surface area contributed by atoms with Crippen LogP contribution in [0.2, 0.25) is 0 Å². The minimum Gasteiger partial charge on any atom is -0.465 e. The lowest BCUT2D eigenvalue weighted by molar-refractivity contribution is -0.156. The summed E-state index contributed by atoms with van der Waals surface area (Å²) in [6, 6.07) is 0. The molecule has 1 heterocycles. The van der Waals surface area contributed by atoms with Crippen molar-refractivity contribution in [3.05, 3.63) is 0 Å². The fraction of sp³-hybridized carbons (Fsp3) is 0.867. The highest BCUT2D eigenvalue weighted by Crippen LogP contribution is 2.27. The van der Waals surface area contributed by atoms with E-state index in [2.05, 4.69) is 5.32 Å². The molecule has 0 radical (unpaired) electrons. The first-order valence-corrected chi connectivity index (χ1v) is 7.42. The topological polar surface area (TPSA) is 64.6 Å². The summed E-state index contributed by atoms with van der Waals surface area (Å²) in [6.45, 7) is 8.84. The zero-order chi connectivity index (χ0) is 15.2. The average Bonchev–Trinajstić information content (AvgIpc) is 2.36. The van der Waals surface area contributed by atoms with E-state index in [9.17, 15) is 9.59 Å². The quantitative estimate of drug-likeness (QED) is 0.619. The van der Waals surface area contributed by atoms with Crippen LogP contribution < -0.4 is 5.32 Å². The molecule has 0 aromatic rings. The maximum atomic E-state index is 12.3. The summed E-state index contributed by atoms with van der Waals surface area (Å²) >= 11 is 0. The van der Waals surface area contributed by atoms with E-state index in [4.69, 9.17) is 9.47 Å². The molecule has 1 N–H and O–H groups in total. The van der Waals surface area contributed by atoms with Crippen LogP contribution in [-0.2, 0) is 19.1 Å². The van der Waals surface area contributed by atoms with Gasteiger partial charge in [-0.1, -0.05) is 20.8 Å². The number of nitrogens with one attached hydrogen (secondary N) is 1. The number of carbonyl (C=O) groups is 2. The molecule has 1 aliphatic rings. The Morgan fingerprint density at radius 2 is 2.05 bits per heavy atom. The molecule has 2 unspecified atom stereocenters. The van der Waals surface area contributed by atoms with Crippen molar-refractivity contribution >= 4 is 11.9 Å². The third-order valence-corrected chi connectivity index (χ3v) is 3.43. The molecule has 1 amide bonds. The lowest BCUT2D eigenvalue weighted by atomic mass is 9.80. The maximum absolute atomic E-state index is 12.3. The summed E-state index contributed by atoms with van der Waals surface area (Å²) in [6.07, 6.45) is 3.23. The van der Waals surface area contributed by atoms with Gasteiger partial charge < -0.3 is 14.8 Å². The van der Waals surface area contributed by atoms with E-state index < -0.39 is 17.3 Å². The molecule has 1 fully saturated rings. The number of rotatable bonds is 5. The van der Waals surface area contributed by atoms with E-state index in [-0.39, 0.29) is 18.6 Å². The number of carbonyl (C=O) groups excluding carboxylic acids is 2. The first-order valence-electron chi connectivity index (χ1n) is 7.42. The molecule has 2 atom stereocenters. The van der Waals surface area contributed by atoms with Crippen LogP contribution in [0, 0.1) is 11.3 Å². The molecule has 1 saturated heterocycles. The van der Waals surface area contributed by atoms with Gasteiger partial charge in [0, 0.05) is 13.2 Å². The van der Waals surface area contributed by atoms with Gasteiger partial charge in [-0.05, 0) is 31.6 Å². The summed E-state index contributed by atoms with van der Waals surface area (Å²) in [5.41, 5.74) is -0.468. The number of esters is 1. The lowest BCUT2D eigenvalue weighted by Crippen LogP contribution is -2.46. The smallest absolute Gasteiger partial charge is 0.319 e. The highest BCUT2D eigenvalue weighted by atomic mass is 16.5. The zero-order valence-corrected chi connectivity index (χ0v) is 13.0. The molecular weight excluding hydrogens is 258 g/mol. The second-order valence-electron chi connectivity index (χ2n) is 6.28. The van der Waals surface area contributed by atoms with Gasteiger partial charge >= 0.3 is 5.97 Å². The minimum absolute atomic E-state index is 0.0653. The third-order valence-electron chi connectivity index (χ3n) is 3.43. The normalized spacial score (nSPS) is 21.1. The van der Waals surface area contributed by atoms with Gasteiger partial charge in [-0.3, -0.25) is 9.59 Å². The molecule has 0 saturated carbocycles. The molecule has 0 aromatic heterocycles. The van der Waals surface area contributed by atoms with Crippen molar-refractivity contribution in [2.24, 2.45) is 11.3 Å². The van der Waals surface area contributed by atoms with Crippen LogP contribution in [0.25, 0.3) is 0 Å². The fourth-order valence-corrected chi connectivity index (χ4v) is 2.36. The van der Waals surface area contributed by atoms with Gasteiger partial charge in [-0.2, -0.15) is 0 Å². The fourth-order valence-electron chi connectivity index (χ4n) is 2.36. The van der Waals surface area contributed by atoms with Gasteiger partial charge in [0.15, 0.2) is 0 Å². The molecule has 0 bridgehead atoms. The van der Waals surface area contributed by atoms with Crippen LogP contribution in [0.5, 0.6) is 0 Å². The molecule has 116 valence electrons. The Labute approximate surface area is 121 Å². The molecule has 1 aliphatic heterocycles. The van der Waals surface area contributed by atoms with Gasteiger partial charge in [0.25, 0.3) is 0 Å². The molecule has 20 heavy (non-hydrogen) atoms. The van der Waals surface area contributed by atoms with Gasteiger partial charge in [0.1, 0.15) is 5.92 Å². The Balaban J connectivity index is 2.56. The molecule has 1 rings (SSSR count). The molecule has 5 heteroatoms. The molecule has 0 aromatic carbocycles. The van der Waals surface area contributed by atoms with E-state index in [1.54, 1.807) is 6.92 Å². The number of hydrogen-bond acceptors (Lipinski definition) is 4. The van der Waals surface area contributed by atoms with E-state index in [1.807, 2.05) is 20.8 Å². The van der Waals surface area contributed by atoms with Crippen molar-refractivity contribution in [3.8, 4) is 0 Å². The standard InChI is InChI=1S/C15H27NO4/c1-5-19-14(18)12(15(2,3)4)13(17)16-10-11-8-6-7-9-20-11/h11-12H,5-10H2,1-4H3,(H,16,17). The highest BCUT2D eigenvalue weighted by Gasteiger charge is 2.39. The predicted octanol–water partition coefficient (Wildman–Crippen LogP) is 1.90. The van der Waals surface area contributed by atoms with Crippen LogP contribution in [0.3, 0.4) is 0 Å². The van der Waals surface area contributed by atoms with Crippen LogP contribution in [0.15, 0.2) is 0 Å². The Kier molecular flexibility index (Phi) is 6.46. The lowest BCUT2D eigenvalue weighted by Gasteiger charge is -2.29. The summed E-state index contributed by atoms with van der Waals surface area (Å²) in [4.78, 5) is 24.2.